The van der Waals surface area contributed by atoms with Gasteiger partial charge >= 0.3 is 0 Å². The Morgan fingerprint density at radius 2 is 1.67 bits per heavy atom. The number of rotatable bonds is 10. The fourth-order valence-corrected chi connectivity index (χ4v) is 4.36. The van der Waals surface area contributed by atoms with Gasteiger partial charge in [-0.3, -0.25) is 4.90 Å². The molecule has 0 radical (unpaired) electrons. The van der Waals surface area contributed by atoms with Gasteiger partial charge < -0.3 is 19.1 Å². The molecular weight excluding hydrogens is 376 g/mol. The zero-order valence-electron chi connectivity index (χ0n) is 18.9. The molecule has 2 aromatic rings. The van der Waals surface area contributed by atoms with Crippen LogP contribution in [0.1, 0.15) is 30.4 Å². The van der Waals surface area contributed by atoms with Crippen molar-refractivity contribution in [2.45, 2.75) is 38.3 Å². The minimum absolute atomic E-state index is 0.549. The van der Waals surface area contributed by atoms with Crippen LogP contribution < -0.4 is 14.2 Å². The molecule has 0 bridgehead atoms. The summed E-state index contributed by atoms with van der Waals surface area (Å²) >= 11 is 0. The molecule has 0 saturated carbocycles. The Morgan fingerprint density at radius 1 is 0.967 bits per heavy atom. The molecule has 5 nitrogen and oxygen atoms in total. The lowest BCUT2D eigenvalue weighted by Gasteiger charge is -2.38. The van der Waals surface area contributed by atoms with Crippen LogP contribution in [0.25, 0.3) is 0 Å². The third kappa shape index (κ3) is 5.89. The molecule has 0 N–H and O–H groups in total. The van der Waals surface area contributed by atoms with Gasteiger partial charge in [0, 0.05) is 30.8 Å². The molecule has 0 spiro atoms. The first-order valence-corrected chi connectivity index (χ1v) is 10.9. The van der Waals surface area contributed by atoms with E-state index >= 15 is 0 Å². The number of methoxy groups -OCH3 is 3. The fraction of sp³-hybridized carbons (Fsp3) is 0.520. The second-order valence-corrected chi connectivity index (χ2v) is 8.12. The molecule has 0 unspecified atom stereocenters. The molecule has 0 aliphatic carbocycles. The number of likely N-dealkylation sites (N-methyl/N-ethyl adjacent to an activating group) is 1. The zero-order chi connectivity index (χ0) is 21.3. The SMILES string of the molecule is COc1cc(OC)c(OC)cc1CN(C)[C@@H]1CCCN(CCCc2ccccc2)C1. The molecule has 1 fully saturated rings. The van der Waals surface area contributed by atoms with Gasteiger partial charge in [-0.2, -0.15) is 0 Å². The zero-order valence-corrected chi connectivity index (χ0v) is 18.9. The van der Waals surface area contributed by atoms with E-state index in [1.54, 1.807) is 21.3 Å². The highest BCUT2D eigenvalue weighted by Gasteiger charge is 2.24. The van der Waals surface area contributed by atoms with Crippen LogP contribution in [-0.4, -0.2) is 63.9 Å². The molecule has 5 heteroatoms. The number of ether oxygens (including phenoxy) is 3. The Kier molecular flexibility index (Phi) is 8.40. The molecule has 164 valence electrons. The third-order valence-corrected chi connectivity index (χ3v) is 6.09. The van der Waals surface area contributed by atoms with Gasteiger partial charge in [-0.15, -0.1) is 0 Å². The van der Waals surface area contributed by atoms with Gasteiger partial charge in [0.1, 0.15) is 5.75 Å². The van der Waals surface area contributed by atoms with E-state index in [-0.39, 0.29) is 0 Å². The standard InChI is InChI=1S/C25H36N2O3/c1-26(18-21-16-24(29-3)25(30-4)17-23(21)28-2)22-13-9-15-27(19-22)14-8-12-20-10-6-5-7-11-20/h5-7,10-11,16-17,22H,8-9,12-15,18-19H2,1-4H3/t22-/m1/s1. The summed E-state index contributed by atoms with van der Waals surface area (Å²) < 4.78 is 16.5. The summed E-state index contributed by atoms with van der Waals surface area (Å²) in [7, 11) is 7.25. The molecule has 1 heterocycles. The third-order valence-electron chi connectivity index (χ3n) is 6.09. The molecule has 3 rings (SSSR count). The number of nitrogens with zero attached hydrogens (tertiary/aromatic N) is 2. The van der Waals surface area contributed by atoms with Gasteiger partial charge in [0.15, 0.2) is 11.5 Å². The van der Waals surface area contributed by atoms with Crippen LogP contribution in [-0.2, 0) is 13.0 Å². The molecule has 1 aliphatic heterocycles. The Balaban J connectivity index is 1.56. The highest BCUT2D eigenvalue weighted by molar-refractivity contribution is 5.50. The molecule has 30 heavy (non-hydrogen) atoms. The van der Waals surface area contributed by atoms with Gasteiger partial charge in [-0.25, -0.2) is 0 Å². The molecule has 0 aromatic heterocycles. The normalized spacial score (nSPS) is 17.2. The summed E-state index contributed by atoms with van der Waals surface area (Å²) in [6.45, 7) is 4.32. The van der Waals surface area contributed by atoms with Crippen LogP contribution in [0.4, 0.5) is 0 Å². The Labute approximate surface area is 181 Å². The van der Waals surface area contributed by atoms with Crippen molar-refractivity contribution in [2.75, 3.05) is 48.0 Å². The first-order valence-electron chi connectivity index (χ1n) is 10.9. The second kappa shape index (κ2) is 11.2. The van der Waals surface area contributed by atoms with E-state index in [2.05, 4.69) is 47.2 Å². The van der Waals surface area contributed by atoms with E-state index in [0.717, 1.165) is 36.6 Å². The van der Waals surface area contributed by atoms with E-state index in [0.29, 0.717) is 11.8 Å². The molecule has 1 atom stereocenters. The molecular formula is C25H36N2O3. The van der Waals surface area contributed by atoms with Crippen molar-refractivity contribution in [3.05, 3.63) is 53.6 Å². The minimum atomic E-state index is 0.549. The maximum Gasteiger partial charge on any atom is 0.164 e. The van der Waals surface area contributed by atoms with Crippen molar-refractivity contribution in [1.82, 2.24) is 9.80 Å². The molecule has 1 saturated heterocycles. The van der Waals surface area contributed by atoms with E-state index < -0.39 is 0 Å². The van der Waals surface area contributed by atoms with Crippen LogP contribution in [0.15, 0.2) is 42.5 Å². The van der Waals surface area contributed by atoms with Crippen LogP contribution in [0.5, 0.6) is 17.2 Å². The van der Waals surface area contributed by atoms with Gasteiger partial charge in [0.05, 0.1) is 21.3 Å². The lowest BCUT2D eigenvalue weighted by atomic mass is 10.0. The number of benzene rings is 2. The summed E-state index contributed by atoms with van der Waals surface area (Å²) in [5.74, 6) is 2.28. The van der Waals surface area contributed by atoms with Crippen molar-refractivity contribution in [3.8, 4) is 17.2 Å². The Bertz CT molecular complexity index is 781. The van der Waals surface area contributed by atoms with Crippen LogP contribution in [0, 0.1) is 0 Å². The summed E-state index contributed by atoms with van der Waals surface area (Å²) in [6, 6.07) is 15.3. The van der Waals surface area contributed by atoms with Gasteiger partial charge in [-0.05, 0) is 57.5 Å². The molecule has 0 amide bonds. The second-order valence-electron chi connectivity index (χ2n) is 8.12. The highest BCUT2D eigenvalue weighted by Crippen LogP contribution is 2.35. The lowest BCUT2D eigenvalue weighted by molar-refractivity contribution is 0.110. The van der Waals surface area contributed by atoms with Crippen molar-refractivity contribution < 1.29 is 14.2 Å². The van der Waals surface area contributed by atoms with Crippen molar-refractivity contribution >= 4 is 0 Å². The number of piperidine rings is 1. The van der Waals surface area contributed by atoms with E-state index in [9.17, 15) is 0 Å². The monoisotopic (exact) mass is 412 g/mol. The van der Waals surface area contributed by atoms with E-state index in [1.807, 2.05) is 12.1 Å². The van der Waals surface area contributed by atoms with Crippen molar-refractivity contribution in [2.24, 2.45) is 0 Å². The Morgan fingerprint density at radius 3 is 2.37 bits per heavy atom. The first-order chi connectivity index (χ1) is 14.6. The predicted octanol–water partition coefficient (Wildman–Crippen LogP) is 4.24. The number of aryl methyl sites for hydroxylation is 1. The number of hydrogen-bond donors (Lipinski definition) is 0. The molecule has 2 aromatic carbocycles. The number of likely N-dealkylation sites (tertiary alicyclic amines) is 1. The summed E-state index contributed by atoms with van der Waals surface area (Å²) in [5.41, 5.74) is 2.56. The first kappa shape index (κ1) is 22.4. The van der Waals surface area contributed by atoms with Crippen LogP contribution in [0.2, 0.25) is 0 Å². The predicted molar refractivity (Wildman–Crippen MR) is 122 cm³/mol. The average Bonchev–Trinajstić information content (AvgIpc) is 2.79. The molecule has 1 aliphatic rings. The quantitative estimate of drug-likeness (QED) is 0.583. The van der Waals surface area contributed by atoms with E-state index in [1.165, 1.54) is 37.9 Å². The van der Waals surface area contributed by atoms with Crippen molar-refractivity contribution in [3.63, 3.8) is 0 Å². The summed E-state index contributed by atoms with van der Waals surface area (Å²) in [6.07, 6.45) is 4.86. The lowest BCUT2D eigenvalue weighted by Crippen LogP contribution is -2.46. The topological polar surface area (TPSA) is 34.2 Å². The number of hydrogen-bond acceptors (Lipinski definition) is 5. The summed E-state index contributed by atoms with van der Waals surface area (Å²) in [4.78, 5) is 5.08. The van der Waals surface area contributed by atoms with Crippen LogP contribution >= 0.6 is 0 Å². The highest BCUT2D eigenvalue weighted by atomic mass is 16.5. The van der Waals surface area contributed by atoms with Gasteiger partial charge in [-0.1, -0.05) is 30.3 Å². The maximum absolute atomic E-state index is 5.62. The van der Waals surface area contributed by atoms with Crippen molar-refractivity contribution in [1.29, 1.82) is 0 Å². The van der Waals surface area contributed by atoms with Gasteiger partial charge in [0.2, 0.25) is 0 Å². The Hall–Kier alpha value is -2.24. The largest absolute Gasteiger partial charge is 0.496 e. The van der Waals surface area contributed by atoms with Gasteiger partial charge in [0.25, 0.3) is 0 Å². The van der Waals surface area contributed by atoms with E-state index in [4.69, 9.17) is 14.2 Å². The summed E-state index contributed by atoms with van der Waals surface area (Å²) in [5, 5.41) is 0. The smallest absolute Gasteiger partial charge is 0.164 e. The van der Waals surface area contributed by atoms with Crippen LogP contribution in [0.3, 0.4) is 0 Å². The maximum atomic E-state index is 5.62. The average molecular weight is 413 g/mol. The fourth-order valence-electron chi connectivity index (χ4n) is 4.36. The minimum Gasteiger partial charge on any atom is -0.496 e.